The van der Waals surface area contributed by atoms with Gasteiger partial charge in [0, 0.05) is 39.0 Å². The molecule has 0 spiro atoms. The Morgan fingerprint density at radius 3 is 2.52 bits per heavy atom. The van der Waals surface area contributed by atoms with E-state index in [2.05, 4.69) is 0 Å². The van der Waals surface area contributed by atoms with Crippen molar-refractivity contribution >= 4 is 17.5 Å². The van der Waals surface area contributed by atoms with E-state index >= 15 is 0 Å². The number of nitrogens with zero attached hydrogens (tertiary/aromatic N) is 2. The molecule has 2 amide bonds. The third-order valence-corrected chi connectivity index (χ3v) is 3.28. The number of carbonyl (C=O) groups excluding carboxylic acids is 2. The first-order valence-electron chi connectivity index (χ1n) is 6.72. The topological polar surface area (TPSA) is 75.9 Å². The van der Waals surface area contributed by atoms with Gasteiger partial charge in [0.05, 0.1) is 6.61 Å². The summed E-state index contributed by atoms with van der Waals surface area (Å²) in [6.07, 6.45) is 0. The van der Waals surface area contributed by atoms with E-state index in [-0.39, 0.29) is 18.4 Å². The Bertz CT molecular complexity index is 515. The SMILES string of the molecule is COCCN(CC(=O)N(C)C)C(=O)c1cccc(N)c1C. The van der Waals surface area contributed by atoms with E-state index in [4.69, 9.17) is 10.5 Å². The number of anilines is 1. The largest absolute Gasteiger partial charge is 0.398 e. The first kappa shape index (κ1) is 17.0. The van der Waals surface area contributed by atoms with Crippen LogP contribution in [-0.2, 0) is 9.53 Å². The molecule has 1 aromatic rings. The number of ether oxygens (including phenoxy) is 1. The van der Waals surface area contributed by atoms with Crippen LogP contribution in [0, 0.1) is 6.92 Å². The number of rotatable bonds is 6. The van der Waals surface area contributed by atoms with Crippen molar-refractivity contribution in [3.63, 3.8) is 0 Å². The number of carbonyl (C=O) groups is 2. The van der Waals surface area contributed by atoms with Crippen LogP contribution in [0.2, 0.25) is 0 Å². The summed E-state index contributed by atoms with van der Waals surface area (Å²) in [6, 6.07) is 5.20. The lowest BCUT2D eigenvalue weighted by Gasteiger charge is -2.24. The second kappa shape index (κ2) is 7.64. The fraction of sp³-hybridized carbons (Fsp3) is 0.467. The van der Waals surface area contributed by atoms with Gasteiger partial charge in [-0.05, 0) is 24.6 Å². The van der Waals surface area contributed by atoms with Gasteiger partial charge in [-0.25, -0.2) is 0 Å². The maximum atomic E-state index is 12.6. The summed E-state index contributed by atoms with van der Waals surface area (Å²) in [6.45, 7) is 2.53. The minimum absolute atomic E-state index is 0.0173. The number of amides is 2. The minimum Gasteiger partial charge on any atom is -0.398 e. The number of nitrogen functional groups attached to an aromatic ring is 1. The zero-order valence-electron chi connectivity index (χ0n) is 13.0. The van der Waals surface area contributed by atoms with E-state index < -0.39 is 0 Å². The van der Waals surface area contributed by atoms with Crippen LogP contribution in [0.15, 0.2) is 18.2 Å². The lowest BCUT2D eigenvalue weighted by Crippen LogP contribution is -2.42. The molecule has 0 unspecified atom stereocenters. The third-order valence-electron chi connectivity index (χ3n) is 3.28. The number of hydrogen-bond acceptors (Lipinski definition) is 4. The normalized spacial score (nSPS) is 10.3. The molecule has 6 nitrogen and oxygen atoms in total. The maximum Gasteiger partial charge on any atom is 0.254 e. The summed E-state index contributed by atoms with van der Waals surface area (Å²) >= 11 is 0. The second-order valence-electron chi connectivity index (χ2n) is 5.03. The zero-order chi connectivity index (χ0) is 16.0. The Balaban J connectivity index is 2.98. The lowest BCUT2D eigenvalue weighted by atomic mass is 10.1. The van der Waals surface area contributed by atoms with Crippen LogP contribution in [0.3, 0.4) is 0 Å². The van der Waals surface area contributed by atoms with Crippen molar-refractivity contribution in [3.05, 3.63) is 29.3 Å². The molecular formula is C15H23N3O3. The number of nitrogens with two attached hydrogens (primary N) is 1. The van der Waals surface area contributed by atoms with Crippen molar-refractivity contribution in [2.75, 3.05) is 46.6 Å². The Labute approximate surface area is 125 Å². The molecule has 116 valence electrons. The molecule has 2 N–H and O–H groups in total. The van der Waals surface area contributed by atoms with Crippen LogP contribution in [-0.4, -0.2) is 62.5 Å². The molecule has 0 aliphatic carbocycles. The average Bonchev–Trinajstić information content (AvgIpc) is 2.45. The fourth-order valence-corrected chi connectivity index (χ4v) is 1.81. The summed E-state index contributed by atoms with van der Waals surface area (Å²) in [5.41, 5.74) is 7.64. The molecule has 0 aliphatic heterocycles. The predicted octanol–water partition coefficient (Wildman–Crippen LogP) is 0.754. The third kappa shape index (κ3) is 4.46. The van der Waals surface area contributed by atoms with Gasteiger partial charge in [0.25, 0.3) is 5.91 Å². The van der Waals surface area contributed by atoms with Crippen LogP contribution in [0.5, 0.6) is 0 Å². The van der Waals surface area contributed by atoms with Crippen LogP contribution in [0.25, 0.3) is 0 Å². The quantitative estimate of drug-likeness (QED) is 0.785. The molecule has 0 fully saturated rings. The summed E-state index contributed by atoms with van der Waals surface area (Å²) < 4.78 is 5.01. The molecule has 1 aromatic carbocycles. The molecule has 0 atom stereocenters. The summed E-state index contributed by atoms with van der Waals surface area (Å²) in [4.78, 5) is 27.4. The van der Waals surface area contributed by atoms with Gasteiger partial charge in [0.1, 0.15) is 6.54 Å². The molecule has 6 heteroatoms. The summed E-state index contributed by atoms with van der Waals surface area (Å²) in [5, 5.41) is 0. The van der Waals surface area contributed by atoms with Crippen molar-refractivity contribution in [1.29, 1.82) is 0 Å². The first-order valence-corrected chi connectivity index (χ1v) is 6.72. The Hall–Kier alpha value is -2.08. The van der Waals surface area contributed by atoms with Crippen molar-refractivity contribution in [2.45, 2.75) is 6.92 Å². The zero-order valence-corrected chi connectivity index (χ0v) is 13.0. The number of likely N-dealkylation sites (N-methyl/N-ethyl adjacent to an activating group) is 1. The van der Waals surface area contributed by atoms with Gasteiger partial charge in [0.2, 0.25) is 5.91 Å². The van der Waals surface area contributed by atoms with Gasteiger partial charge in [-0.1, -0.05) is 6.07 Å². The maximum absolute atomic E-state index is 12.6. The molecule has 0 radical (unpaired) electrons. The smallest absolute Gasteiger partial charge is 0.254 e. The van der Waals surface area contributed by atoms with Crippen LogP contribution < -0.4 is 5.73 Å². The Morgan fingerprint density at radius 1 is 1.29 bits per heavy atom. The Kier molecular flexibility index (Phi) is 6.17. The standard InChI is InChI=1S/C15H23N3O3/c1-11-12(6-5-7-13(11)16)15(20)18(8-9-21-4)10-14(19)17(2)3/h5-7H,8-10,16H2,1-4H3. The minimum atomic E-state index is -0.216. The highest BCUT2D eigenvalue weighted by molar-refractivity contribution is 5.98. The van der Waals surface area contributed by atoms with Crippen molar-refractivity contribution in [1.82, 2.24) is 9.80 Å². The van der Waals surface area contributed by atoms with Crippen LogP contribution >= 0.6 is 0 Å². The monoisotopic (exact) mass is 293 g/mol. The highest BCUT2D eigenvalue weighted by atomic mass is 16.5. The molecule has 21 heavy (non-hydrogen) atoms. The predicted molar refractivity (Wildman–Crippen MR) is 82.1 cm³/mol. The molecule has 0 aliphatic rings. The van der Waals surface area contributed by atoms with E-state index in [9.17, 15) is 9.59 Å². The van der Waals surface area contributed by atoms with Gasteiger partial charge in [0.15, 0.2) is 0 Å². The van der Waals surface area contributed by atoms with E-state index in [1.165, 1.54) is 9.80 Å². The molecular weight excluding hydrogens is 270 g/mol. The van der Waals surface area contributed by atoms with E-state index in [0.29, 0.717) is 24.4 Å². The van der Waals surface area contributed by atoms with Gasteiger partial charge >= 0.3 is 0 Å². The molecule has 1 rings (SSSR count). The molecule has 0 bridgehead atoms. The van der Waals surface area contributed by atoms with Gasteiger partial charge in [-0.15, -0.1) is 0 Å². The van der Waals surface area contributed by atoms with Crippen molar-refractivity contribution in [2.24, 2.45) is 0 Å². The molecule has 0 saturated heterocycles. The highest BCUT2D eigenvalue weighted by Gasteiger charge is 2.21. The van der Waals surface area contributed by atoms with E-state index in [1.807, 2.05) is 0 Å². The second-order valence-corrected chi connectivity index (χ2v) is 5.03. The lowest BCUT2D eigenvalue weighted by molar-refractivity contribution is -0.129. The average molecular weight is 293 g/mol. The summed E-state index contributed by atoms with van der Waals surface area (Å²) in [5.74, 6) is -0.354. The Morgan fingerprint density at radius 2 is 1.95 bits per heavy atom. The van der Waals surface area contributed by atoms with E-state index in [0.717, 1.165) is 5.56 Å². The van der Waals surface area contributed by atoms with Crippen molar-refractivity contribution < 1.29 is 14.3 Å². The van der Waals surface area contributed by atoms with E-state index in [1.54, 1.807) is 46.3 Å². The van der Waals surface area contributed by atoms with Gasteiger partial charge < -0.3 is 20.3 Å². The number of methoxy groups -OCH3 is 1. The van der Waals surface area contributed by atoms with Crippen LogP contribution in [0.4, 0.5) is 5.69 Å². The van der Waals surface area contributed by atoms with Crippen molar-refractivity contribution in [3.8, 4) is 0 Å². The molecule has 0 saturated carbocycles. The number of hydrogen-bond donors (Lipinski definition) is 1. The summed E-state index contributed by atoms with van der Waals surface area (Å²) in [7, 11) is 4.88. The molecule has 0 heterocycles. The molecule has 0 aromatic heterocycles. The number of benzene rings is 1. The van der Waals surface area contributed by atoms with Gasteiger partial charge in [-0.2, -0.15) is 0 Å². The first-order chi connectivity index (χ1) is 9.88. The van der Waals surface area contributed by atoms with Gasteiger partial charge in [-0.3, -0.25) is 9.59 Å². The fourth-order valence-electron chi connectivity index (χ4n) is 1.81. The highest BCUT2D eigenvalue weighted by Crippen LogP contribution is 2.17. The van der Waals surface area contributed by atoms with Crippen LogP contribution in [0.1, 0.15) is 15.9 Å².